The summed E-state index contributed by atoms with van der Waals surface area (Å²) in [6.07, 6.45) is 5.64. The fourth-order valence-electron chi connectivity index (χ4n) is 3.19. The molecular formula is C15H23N5O. The van der Waals surface area contributed by atoms with Gasteiger partial charge < -0.3 is 14.7 Å². The van der Waals surface area contributed by atoms with E-state index >= 15 is 0 Å². The van der Waals surface area contributed by atoms with Crippen LogP contribution in [0.3, 0.4) is 0 Å². The molecule has 2 saturated heterocycles. The Balaban J connectivity index is 1.63. The van der Waals surface area contributed by atoms with Gasteiger partial charge >= 0.3 is 0 Å². The number of hydrogen-bond donors (Lipinski definition) is 0. The van der Waals surface area contributed by atoms with E-state index in [9.17, 15) is 4.79 Å². The smallest absolute Gasteiger partial charge is 0.226 e. The number of likely N-dealkylation sites (tertiary alicyclic amines) is 1. The summed E-state index contributed by atoms with van der Waals surface area (Å²) in [6.45, 7) is 2.86. The van der Waals surface area contributed by atoms with Crippen molar-refractivity contribution in [3.05, 3.63) is 12.3 Å². The van der Waals surface area contributed by atoms with Gasteiger partial charge in [-0.3, -0.25) is 4.79 Å². The Morgan fingerprint density at radius 1 is 1.24 bits per heavy atom. The molecule has 2 aliphatic rings. The molecule has 6 heteroatoms. The van der Waals surface area contributed by atoms with Crippen molar-refractivity contribution in [2.75, 3.05) is 43.5 Å². The molecular weight excluding hydrogens is 266 g/mol. The first-order valence-corrected chi connectivity index (χ1v) is 7.70. The topological polar surface area (TPSA) is 52.6 Å². The van der Waals surface area contributed by atoms with Gasteiger partial charge in [0.15, 0.2) is 0 Å². The number of carbonyl (C=O) groups excluding carboxylic acids is 1. The molecule has 2 aliphatic heterocycles. The van der Waals surface area contributed by atoms with Crippen LogP contribution in [0.25, 0.3) is 0 Å². The molecule has 0 spiro atoms. The maximum absolute atomic E-state index is 11.8. The van der Waals surface area contributed by atoms with Gasteiger partial charge in [-0.05, 0) is 25.3 Å². The van der Waals surface area contributed by atoms with E-state index in [0.717, 1.165) is 57.1 Å². The number of carbonyl (C=O) groups is 1. The zero-order valence-corrected chi connectivity index (χ0v) is 12.8. The first-order valence-electron chi connectivity index (χ1n) is 7.70. The van der Waals surface area contributed by atoms with E-state index in [4.69, 9.17) is 0 Å². The molecule has 0 bridgehead atoms. The third-order valence-corrected chi connectivity index (χ3v) is 4.37. The van der Waals surface area contributed by atoms with Gasteiger partial charge in [0.05, 0.1) is 0 Å². The highest BCUT2D eigenvalue weighted by Gasteiger charge is 2.30. The van der Waals surface area contributed by atoms with Crippen LogP contribution in [0.2, 0.25) is 0 Å². The lowest BCUT2D eigenvalue weighted by atomic mass is 10.0. The summed E-state index contributed by atoms with van der Waals surface area (Å²) in [7, 11) is 3.90. The van der Waals surface area contributed by atoms with E-state index in [1.54, 1.807) is 0 Å². The number of piperidine rings is 1. The van der Waals surface area contributed by atoms with Crippen LogP contribution in [-0.4, -0.2) is 60.5 Å². The zero-order valence-electron chi connectivity index (χ0n) is 12.8. The summed E-state index contributed by atoms with van der Waals surface area (Å²) in [5, 5.41) is 0. The van der Waals surface area contributed by atoms with E-state index in [-0.39, 0.29) is 0 Å². The van der Waals surface area contributed by atoms with Gasteiger partial charge in [0, 0.05) is 52.4 Å². The van der Waals surface area contributed by atoms with Crippen LogP contribution in [0.1, 0.15) is 25.7 Å². The summed E-state index contributed by atoms with van der Waals surface area (Å²) < 4.78 is 0. The Labute approximate surface area is 125 Å². The van der Waals surface area contributed by atoms with Gasteiger partial charge in [-0.1, -0.05) is 0 Å². The lowest BCUT2D eigenvalue weighted by Gasteiger charge is -2.37. The molecule has 1 aromatic rings. The summed E-state index contributed by atoms with van der Waals surface area (Å²) in [4.78, 5) is 27.0. The number of aromatic nitrogens is 2. The molecule has 0 aliphatic carbocycles. The van der Waals surface area contributed by atoms with Crippen LogP contribution in [0, 0.1) is 0 Å². The van der Waals surface area contributed by atoms with Crippen molar-refractivity contribution in [1.29, 1.82) is 0 Å². The van der Waals surface area contributed by atoms with Gasteiger partial charge in [-0.25, -0.2) is 4.98 Å². The monoisotopic (exact) mass is 289 g/mol. The summed E-state index contributed by atoms with van der Waals surface area (Å²) in [6, 6.07) is 2.39. The van der Waals surface area contributed by atoms with Gasteiger partial charge in [0.2, 0.25) is 11.9 Å². The Morgan fingerprint density at radius 2 is 2.00 bits per heavy atom. The fourth-order valence-corrected chi connectivity index (χ4v) is 3.19. The standard InChI is InChI=1S/C15H23N5O/c1-18(2)15-16-8-5-13(17-15)19-10-6-12(7-11-19)20-9-3-4-14(20)21/h5,8,12H,3-4,6-7,9-11H2,1-2H3. The molecule has 0 aromatic carbocycles. The van der Waals surface area contributed by atoms with Crippen molar-refractivity contribution in [2.24, 2.45) is 0 Å². The Hall–Kier alpha value is -1.85. The Morgan fingerprint density at radius 3 is 2.62 bits per heavy atom. The summed E-state index contributed by atoms with van der Waals surface area (Å²) in [5.41, 5.74) is 0. The molecule has 1 aromatic heterocycles. The van der Waals surface area contributed by atoms with Crippen LogP contribution < -0.4 is 9.80 Å². The van der Waals surface area contributed by atoms with Crippen LogP contribution >= 0.6 is 0 Å². The number of rotatable bonds is 3. The van der Waals surface area contributed by atoms with Crippen molar-refractivity contribution >= 4 is 17.7 Å². The minimum Gasteiger partial charge on any atom is -0.356 e. The van der Waals surface area contributed by atoms with Crippen molar-refractivity contribution in [3.63, 3.8) is 0 Å². The summed E-state index contributed by atoms with van der Waals surface area (Å²) >= 11 is 0. The average Bonchev–Trinajstić information content (AvgIpc) is 2.94. The van der Waals surface area contributed by atoms with E-state index in [2.05, 4.69) is 19.8 Å². The molecule has 0 N–H and O–H groups in total. The second-order valence-corrected chi connectivity index (χ2v) is 6.02. The van der Waals surface area contributed by atoms with Gasteiger partial charge in [-0.2, -0.15) is 4.98 Å². The number of hydrogen-bond acceptors (Lipinski definition) is 5. The first kappa shape index (κ1) is 14.1. The predicted molar refractivity (Wildman–Crippen MR) is 82.5 cm³/mol. The molecule has 0 radical (unpaired) electrons. The quantitative estimate of drug-likeness (QED) is 0.835. The zero-order chi connectivity index (χ0) is 14.8. The third kappa shape index (κ3) is 2.94. The van der Waals surface area contributed by atoms with E-state index in [1.165, 1.54) is 0 Å². The predicted octanol–water partition coefficient (Wildman–Crippen LogP) is 1.13. The van der Waals surface area contributed by atoms with Crippen LogP contribution in [0.4, 0.5) is 11.8 Å². The first-order chi connectivity index (χ1) is 10.1. The van der Waals surface area contributed by atoms with Crippen molar-refractivity contribution in [2.45, 2.75) is 31.7 Å². The number of amides is 1. The minimum absolute atomic E-state index is 0.338. The Bertz CT molecular complexity index is 511. The second-order valence-electron chi connectivity index (χ2n) is 6.02. The molecule has 21 heavy (non-hydrogen) atoms. The molecule has 1 amide bonds. The SMILES string of the molecule is CN(C)c1nccc(N2CCC(N3CCCC3=O)CC2)n1. The Kier molecular flexibility index (Phi) is 3.94. The molecule has 3 rings (SSSR count). The normalized spacial score (nSPS) is 20.2. The molecule has 2 fully saturated rings. The highest BCUT2D eigenvalue weighted by atomic mass is 16.2. The summed E-state index contributed by atoms with van der Waals surface area (Å²) in [5.74, 6) is 2.06. The van der Waals surface area contributed by atoms with Gasteiger partial charge in [-0.15, -0.1) is 0 Å². The van der Waals surface area contributed by atoms with E-state index in [0.29, 0.717) is 11.9 Å². The molecule has 3 heterocycles. The second kappa shape index (κ2) is 5.87. The van der Waals surface area contributed by atoms with Crippen LogP contribution in [-0.2, 0) is 4.79 Å². The average molecular weight is 289 g/mol. The lowest BCUT2D eigenvalue weighted by molar-refractivity contribution is -0.130. The molecule has 0 unspecified atom stereocenters. The highest BCUT2D eigenvalue weighted by molar-refractivity contribution is 5.78. The lowest BCUT2D eigenvalue weighted by Crippen LogP contribution is -2.45. The van der Waals surface area contributed by atoms with Crippen molar-refractivity contribution in [3.8, 4) is 0 Å². The van der Waals surface area contributed by atoms with Gasteiger partial charge in [0.1, 0.15) is 5.82 Å². The maximum Gasteiger partial charge on any atom is 0.226 e. The number of anilines is 2. The molecule has 6 nitrogen and oxygen atoms in total. The van der Waals surface area contributed by atoms with E-state index in [1.807, 2.05) is 31.3 Å². The van der Waals surface area contributed by atoms with Crippen LogP contribution in [0.15, 0.2) is 12.3 Å². The minimum atomic E-state index is 0.338. The number of nitrogens with zero attached hydrogens (tertiary/aromatic N) is 5. The molecule has 0 saturated carbocycles. The maximum atomic E-state index is 11.8. The third-order valence-electron chi connectivity index (χ3n) is 4.37. The fraction of sp³-hybridized carbons (Fsp3) is 0.667. The van der Waals surface area contributed by atoms with Gasteiger partial charge in [0.25, 0.3) is 0 Å². The van der Waals surface area contributed by atoms with Crippen LogP contribution in [0.5, 0.6) is 0 Å². The van der Waals surface area contributed by atoms with E-state index < -0.39 is 0 Å². The molecule has 114 valence electrons. The van der Waals surface area contributed by atoms with Crippen molar-refractivity contribution in [1.82, 2.24) is 14.9 Å². The highest BCUT2D eigenvalue weighted by Crippen LogP contribution is 2.24. The molecule has 0 atom stereocenters. The van der Waals surface area contributed by atoms with Crippen molar-refractivity contribution < 1.29 is 4.79 Å². The largest absolute Gasteiger partial charge is 0.356 e.